The average molecular weight is 476 g/mol. The molecule has 0 aliphatic carbocycles. The molecule has 9 heteroatoms. The lowest BCUT2D eigenvalue weighted by Gasteiger charge is -2.02. The molecule has 28 heavy (non-hydrogen) atoms. The smallest absolute Gasteiger partial charge is 0.279 e. The lowest BCUT2D eigenvalue weighted by atomic mass is 10.1. The quantitative estimate of drug-likeness (QED) is 0.589. The van der Waals surface area contributed by atoms with Gasteiger partial charge < -0.3 is 5.11 Å². The predicted octanol–water partition coefficient (Wildman–Crippen LogP) is 2.84. The first-order valence-electron chi connectivity index (χ1n) is 8.10. The van der Waals surface area contributed by atoms with Gasteiger partial charge in [-0.25, -0.2) is 9.98 Å². The van der Waals surface area contributed by atoms with Crippen LogP contribution < -0.4 is 15.4 Å². The maximum Gasteiger partial charge on any atom is 0.279 e. The molecule has 0 unspecified atom stereocenters. The van der Waals surface area contributed by atoms with E-state index in [1.54, 1.807) is 29.0 Å². The summed E-state index contributed by atoms with van der Waals surface area (Å²) in [6.45, 7) is 4.04. The number of hydrogen-bond donors (Lipinski definition) is 1. The number of hydrogen-bond acceptors (Lipinski definition) is 5. The molecule has 0 bridgehead atoms. The minimum absolute atomic E-state index is 0.0693. The largest absolute Gasteiger partial charge is 0.493 e. The minimum atomic E-state index is -0.399. The van der Waals surface area contributed by atoms with Crippen molar-refractivity contribution in [1.29, 1.82) is 0 Å². The van der Waals surface area contributed by atoms with E-state index in [0.29, 0.717) is 43.1 Å². The Morgan fingerprint density at radius 1 is 1.39 bits per heavy atom. The molecule has 0 spiro atoms. The fourth-order valence-electron chi connectivity index (χ4n) is 2.81. The highest BCUT2D eigenvalue weighted by molar-refractivity contribution is 9.10. The number of rotatable bonds is 4. The van der Waals surface area contributed by atoms with Crippen LogP contribution in [0.4, 0.5) is 5.69 Å². The van der Waals surface area contributed by atoms with Gasteiger partial charge in [0.25, 0.3) is 5.91 Å². The third-order valence-electron chi connectivity index (χ3n) is 4.05. The lowest BCUT2D eigenvalue weighted by molar-refractivity contribution is -0.112. The molecule has 0 saturated heterocycles. The van der Waals surface area contributed by atoms with E-state index in [4.69, 9.17) is 11.6 Å². The van der Waals surface area contributed by atoms with E-state index in [0.717, 1.165) is 4.47 Å². The van der Waals surface area contributed by atoms with E-state index < -0.39 is 5.91 Å². The zero-order valence-electron chi connectivity index (χ0n) is 14.3. The van der Waals surface area contributed by atoms with Gasteiger partial charge in [0.2, 0.25) is 5.88 Å². The highest BCUT2D eigenvalue weighted by Gasteiger charge is 2.25. The zero-order chi connectivity index (χ0) is 19.8. The summed E-state index contributed by atoms with van der Waals surface area (Å²) in [6.07, 6.45) is 4.72. The molecule has 1 amide bonds. The van der Waals surface area contributed by atoms with E-state index in [1.165, 1.54) is 17.5 Å². The molecule has 0 saturated carbocycles. The summed E-state index contributed by atoms with van der Waals surface area (Å²) < 4.78 is 2.39. The highest BCUT2D eigenvalue weighted by Crippen LogP contribution is 2.30. The van der Waals surface area contributed by atoms with Crippen LogP contribution in [0.15, 0.2) is 63.8 Å². The molecule has 0 atom stereocenters. The number of aromatic nitrogens is 2. The Kier molecular flexibility index (Phi) is 5.01. The summed E-state index contributed by atoms with van der Waals surface area (Å²) in [5.41, 5.74) is 0.858. The molecule has 0 radical (unpaired) electrons. The van der Waals surface area contributed by atoms with Crippen LogP contribution >= 0.6 is 38.9 Å². The summed E-state index contributed by atoms with van der Waals surface area (Å²) in [6, 6.07) is 7.06. The second-order valence-corrected chi connectivity index (χ2v) is 8.13. The molecule has 1 aliphatic heterocycles. The van der Waals surface area contributed by atoms with Crippen molar-refractivity contribution in [2.24, 2.45) is 9.98 Å². The maximum atomic E-state index is 12.6. The van der Waals surface area contributed by atoms with Gasteiger partial charge >= 0.3 is 0 Å². The van der Waals surface area contributed by atoms with E-state index in [1.807, 2.05) is 12.1 Å². The molecule has 0 fully saturated rings. The summed E-state index contributed by atoms with van der Waals surface area (Å²) in [7, 11) is 0. The van der Waals surface area contributed by atoms with Crippen molar-refractivity contribution in [3.63, 3.8) is 0 Å². The molecular formula is C19H12BrClN4O2S. The van der Waals surface area contributed by atoms with Gasteiger partial charge in [0.05, 0.1) is 21.6 Å². The van der Waals surface area contributed by atoms with Crippen molar-refractivity contribution in [2.45, 2.75) is 6.54 Å². The number of allylic oxidation sites excluding steroid dienone is 1. The summed E-state index contributed by atoms with van der Waals surface area (Å²) in [4.78, 5) is 26.0. The first-order chi connectivity index (χ1) is 13.5. The Bertz CT molecular complexity index is 1330. The number of carbonyl (C=O) groups is 1. The van der Waals surface area contributed by atoms with Crippen LogP contribution in [0.1, 0.15) is 4.88 Å². The van der Waals surface area contributed by atoms with E-state index >= 15 is 0 Å². The molecule has 4 rings (SSSR count). The molecule has 6 nitrogen and oxygen atoms in total. The number of nitrogens with zero attached hydrogens (tertiary/aromatic N) is 4. The Morgan fingerprint density at radius 3 is 2.96 bits per heavy atom. The van der Waals surface area contributed by atoms with Gasteiger partial charge in [-0.15, -0.1) is 6.58 Å². The van der Waals surface area contributed by atoms with E-state index in [-0.39, 0.29) is 5.88 Å². The number of fused-ring (bicyclic) bond motifs is 1. The average Bonchev–Trinajstić information content (AvgIpc) is 3.14. The fraction of sp³-hybridized carbons (Fsp3) is 0.0526. The van der Waals surface area contributed by atoms with Gasteiger partial charge in [0.1, 0.15) is 4.88 Å². The molecule has 1 N–H and O–H groups in total. The van der Waals surface area contributed by atoms with Crippen molar-refractivity contribution >= 4 is 56.0 Å². The van der Waals surface area contributed by atoms with Crippen LogP contribution in [0.25, 0.3) is 5.57 Å². The zero-order valence-corrected chi connectivity index (χ0v) is 17.4. The van der Waals surface area contributed by atoms with Gasteiger partial charge in [-0.3, -0.25) is 14.3 Å². The highest BCUT2D eigenvalue weighted by atomic mass is 79.9. The predicted molar refractivity (Wildman–Crippen MR) is 111 cm³/mol. The molecule has 2 aromatic heterocycles. The normalized spacial score (nSPS) is 13.6. The summed E-state index contributed by atoms with van der Waals surface area (Å²) in [5.74, 6) is -0.468. The van der Waals surface area contributed by atoms with E-state index in [2.05, 4.69) is 37.5 Å². The third kappa shape index (κ3) is 3.23. The molecule has 1 aliphatic rings. The van der Waals surface area contributed by atoms with Crippen LogP contribution in [0.2, 0.25) is 5.02 Å². The topological polar surface area (TPSA) is 79.8 Å². The molecule has 140 valence electrons. The fourth-order valence-corrected chi connectivity index (χ4v) is 4.43. The van der Waals surface area contributed by atoms with E-state index in [9.17, 15) is 9.90 Å². The van der Waals surface area contributed by atoms with Crippen LogP contribution in [0, 0.1) is 0 Å². The van der Waals surface area contributed by atoms with Crippen LogP contribution in [0.5, 0.6) is 5.88 Å². The third-order valence-corrected chi connectivity index (χ3v) is 5.92. The Balaban J connectivity index is 2.02. The number of amides is 1. The number of aromatic hydroxyl groups is 1. The van der Waals surface area contributed by atoms with Crippen molar-refractivity contribution in [3.8, 4) is 5.88 Å². The molecule has 3 heterocycles. The number of halogens is 2. The first kappa shape index (κ1) is 18.8. The summed E-state index contributed by atoms with van der Waals surface area (Å²) in [5, 5.41) is 12.5. The van der Waals surface area contributed by atoms with Crippen molar-refractivity contribution < 1.29 is 9.90 Å². The van der Waals surface area contributed by atoms with Gasteiger partial charge in [0.15, 0.2) is 4.80 Å². The maximum absolute atomic E-state index is 12.6. The number of carbonyl (C=O) groups excluding carboxylic acids is 1. The minimum Gasteiger partial charge on any atom is -0.493 e. The molecular weight excluding hydrogens is 464 g/mol. The molecule has 1 aromatic carbocycles. The number of benzene rings is 1. The van der Waals surface area contributed by atoms with Crippen molar-refractivity contribution in [1.82, 2.24) is 9.55 Å². The van der Waals surface area contributed by atoms with Gasteiger partial charge in [0, 0.05) is 28.6 Å². The SMILES string of the molecule is C=CCn1c(O)c(C2=c3cc(Br)ccc3=NC2=O)sc1=Nc1ccncc1Cl. The van der Waals surface area contributed by atoms with Crippen molar-refractivity contribution in [3.05, 3.63) is 79.1 Å². The number of pyridine rings is 1. The standard InChI is InChI=1S/C19H12BrClN4O2S/c1-2-7-25-18(27)16(28-19(25)24-14-5-6-22-9-12(14)21)15-11-8-10(20)3-4-13(11)23-17(15)26/h2-6,8-9,27H,1,7H2. The van der Waals surface area contributed by atoms with Gasteiger partial charge in [-0.05, 0) is 24.3 Å². The van der Waals surface area contributed by atoms with Crippen molar-refractivity contribution in [2.75, 3.05) is 0 Å². The Morgan fingerprint density at radius 2 is 2.21 bits per heavy atom. The number of thiazole rings is 1. The Labute approximate surface area is 176 Å². The van der Waals surface area contributed by atoms with Gasteiger partial charge in [-0.1, -0.05) is 44.9 Å². The Hall–Kier alpha value is -2.55. The first-order valence-corrected chi connectivity index (χ1v) is 10.1. The second-order valence-electron chi connectivity index (χ2n) is 5.83. The van der Waals surface area contributed by atoms with Crippen LogP contribution in [-0.4, -0.2) is 20.6 Å². The summed E-state index contributed by atoms with van der Waals surface area (Å²) >= 11 is 10.8. The molecule has 3 aromatic rings. The van der Waals surface area contributed by atoms with Crippen LogP contribution in [0.3, 0.4) is 0 Å². The van der Waals surface area contributed by atoms with Crippen LogP contribution in [-0.2, 0) is 11.3 Å². The lowest BCUT2D eigenvalue weighted by Crippen LogP contribution is -2.22. The monoisotopic (exact) mass is 474 g/mol. The van der Waals surface area contributed by atoms with Gasteiger partial charge in [-0.2, -0.15) is 0 Å². The second kappa shape index (κ2) is 7.46.